The Kier molecular flexibility index (Phi) is 4.98. The summed E-state index contributed by atoms with van der Waals surface area (Å²) in [4.78, 5) is 22.7. The van der Waals surface area contributed by atoms with E-state index in [4.69, 9.17) is 10.5 Å². The highest BCUT2D eigenvalue weighted by Crippen LogP contribution is 2.25. The minimum atomic E-state index is -0.566. The summed E-state index contributed by atoms with van der Waals surface area (Å²) in [5, 5.41) is 2.48. The number of nitrogens with one attached hydrogen (secondary N) is 1. The lowest BCUT2D eigenvalue weighted by atomic mass is 9.97. The van der Waals surface area contributed by atoms with Gasteiger partial charge in [0.1, 0.15) is 5.75 Å². The van der Waals surface area contributed by atoms with Crippen molar-refractivity contribution in [1.82, 2.24) is 5.32 Å². The minimum Gasteiger partial charge on any atom is -0.490 e. The van der Waals surface area contributed by atoms with Crippen molar-refractivity contribution in [1.29, 1.82) is 0 Å². The number of hydrogen-bond acceptors (Lipinski definition) is 3. The van der Waals surface area contributed by atoms with Gasteiger partial charge in [0.05, 0.1) is 18.2 Å². The molecule has 0 aromatic heterocycles. The van der Waals surface area contributed by atoms with Crippen molar-refractivity contribution in [2.75, 3.05) is 6.54 Å². The third-order valence-electron chi connectivity index (χ3n) is 3.40. The summed E-state index contributed by atoms with van der Waals surface area (Å²) in [7, 11) is 0. The van der Waals surface area contributed by atoms with Crippen LogP contribution < -0.4 is 15.8 Å². The minimum absolute atomic E-state index is 0.170. The Morgan fingerprint density at radius 1 is 1.20 bits per heavy atom. The lowest BCUT2D eigenvalue weighted by Crippen LogP contribution is -2.33. The largest absolute Gasteiger partial charge is 0.490 e. The number of primary amides is 1. The second-order valence-corrected chi connectivity index (χ2v) is 5.02. The van der Waals surface area contributed by atoms with E-state index in [1.165, 1.54) is 19.3 Å². The number of hydrogen-bond donors (Lipinski definition) is 2. The van der Waals surface area contributed by atoms with E-state index in [1.807, 2.05) is 6.07 Å². The van der Waals surface area contributed by atoms with Gasteiger partial charge in [-0.3, -0.25) is 9.59 Å². The number of carbonyl (C=O) groups is 2. The SMILES string of the molecule is NC(=O)CNC(=O)c1ccccc1OC1CCCCC1. The van der Waals surface area contributed by atoms with Crippen molar-refractivity contribution in [2.45, 2.75) is 38.2 Å². The highest BCUT2D eigenvalue weighted by Gasteiger charge is 2.18. The van der Waals surface area contributed by atoms with Crippen molar-refractivity contribution in [3.05, 3.63) is 29.8 Å². The molecule has 0 aliphatic heterocycles. The maximum absolute atomic E-state index is 12.0. The molecule has 0 spiro atoms. The predicted molar refractivity (Wildman–Crippen MR) is 75.5 cm³/mol. The lowest BCUT2D eigenvalue weighted by Gasteiger charge is -2.24. The molecule has 1 saturated carbocycles. The fraction of sp³-hybridized carbons (Fsp3) is 0.467. The second kappa shape index (κ2) is 6.93. The van der Waals surface area contributed by atoms with Gasteiger partial charge in [-0.1, -0.05) is 18.6 Å². The third-order valence-corrected chi connectivity index (χ3v) is 3.40. The molecule has 5 heteroatoms. The molecule has 0 atom stereocenters. The Hall–Kier alpha value is -2.04. The van der Waals surface area contributed by atoms with Gasteiger partial charge in [-0.2, -0.15) is 0 Å². The Bertz CT molecular complexity index is 482. The molecule has 2 rings (SSSR count). The molecule has 0 radical (unpaired) electrons. The van der Waals surface area contributed by atoms with Gasteiger partial charge in [0.15, 0.2) is 0 Å². The van der Waals surface area contributed by atoms with Crippen LogP contribution in [-0.2, 0) is 4.79 Å². The maximum Gasteiger partial charge on any atom is 0.255 e. The van der Waals surface area contributed by atoms with Crippen LogP contribution in [0, 0.1) is 0 Å². The highest BCUT2D eigenvalue weighted by atomic mass is 16.5. The van der Waals surface area contributed by atoms with Crippen LogP contribution in [0.1, 0.15) is 42.5 Å². The van der Waals surface area contributed by atoms with Gasteiger partial charge in [0.2, 0.25) is 5.91 Å². The van der Waals surface area contributed by atoms with E-state index in [0.717, 1.165) is 12.8 Å². The van der Waals surface area contributed by atoms with Gasteiger partial charge in [0, 0.05) is 0 Å². The van der Waals surface area contributed by atoms with Crippen LogP contribution in [0.15, 0.2) is 24.3 Å². The standard InChI is InChI=1S/C15H20N2O3/c16-14(18)10-17-15(19)12-8-4-5-9-13(12)20-11-6-2-1-3-7-11/h4-5,8-9,11H,1-3,6-7,10H2,(H2,16,18)(H,17,19). The van der Waals surface area contributed by atoms with Gasteiger partial charge < -0.3 is 15.8 Å². The number of rotatable bonds is 5. The number of para-hydroxylation sites is 1. The molecule has 0 heterocycles. The Morgan fingerprint density at radius 2 is 1.90 bits per heavy atom. The van der Waals surface area contributed by atoms with Gasteiger partial charge in [-0.15, -0.1) is 0 Å². The van der Waals surface area contributed by atoms with E-state index in [2.05, 4.69) is 5.32 Å². The van der Waals surface area contributed by atoms with Crippen molar-refractivity contribution in [3.63, 3.8) is 0 Å². The van der Waals surface area contributed by atoms with Gasteiger partial charge >= 0.3 is 0 Å². The van der Waals surface area contributed by atoms with Crippen LogP contribution in [0.25, 0.3) is 0 Å². The average molecular weight is 276 g/mol. The first-order valence-corrected chi connectivity index (χ1v) is 6.99. The molecule has 1 fully saturated rings. The third kappa shape index (κ3) is 3.98. The molecule has 0 unspecified atom stereocenters. The van der Waals surface area contributed by atoms with Crippen LogP contribution in [-0.4, -0.2) is 24.5 Å². The zero-order valence-corrected chi connectivity index (χ0v) is 11.4. The highest BCUT2D eigenvalue weighted by molar-refractivity contribution is 5.98. The fourth-order valence-electron chi connectivity index (χ4n) is 2.38. The molecule has 1 aliphatic rings. The van der Waals surface area contributed by atoms with Crippen LogP contribution in [0.2, 0.25) is 0 Å². The average Bonchev–Trinajstić information content (AvgIpc) is 2.46. The van der Waals surface area contributed by atoms with E-state index in [-0.39, 0.29) is 18.6 Å². The Morgan fingerprint density at radius 3 is 2.60 bits per heavy atom. The summed E-state index contributed by atoms with van der Waals surface area (Å²) in [5.74, 6) is -0.333. The van der Waals surface area contributed by atoms with Gasteiger partial charge in [0.25, 0.3) is 5.91 Å². The zero-order chi connectivity index (χ0) is 14.4. The second-order valence-electron chi connectivity index (χ2n) is 5.02. The molecule has 1 aliphatic carbocycles. The molecule has 5 nitrogen and oxygen atoms in total. The molecule has 3 N–H and O–H groups in total. The molecular formula is C15H20N2O3. The number of nitrogens with two attached hydrogens (primary N) is 1. The molecule has 108 valence electrons. The number of benzene rings is 1. The molecule has 2 amide bonds. The Labute approximate surface area is 118 Å². The van der Waals surface area contributed by atoms with E-state index < -0.39 is 5.91 Å². The predicted octanol–water partition coefficient (Wildman–Crippen LogP) is 1.61. The van der Waals surface area contributed by atoms with Crippen LogP contribution >= 0.6 is 0 Å². The first-order chi connectivity index (χ1) is 9.66. The normalized spacial score (nSPS) is 15.6. The number of carbonyl (C=O) groups excluding carboxylic acids is 2. The zero-order valence-electron chi connectivity index (χ0n) is 11.4. The first-order valence-electron chi connectivity index (χ1n) is 6.99. The van der Waals surface area contributed by atoms with Crippen molar-refractivity contribution >= 4 is 11.8 Å². The van der Waals surface area contributed by atoms with Gasteiger partial charge in [-0.25, -0.2) is 0 Å². The molecule has 20 heavy (non-hydrogen) atoms. The molecular weight excluding hydrogens is 256 g/mol. The summed E-state index contributed by atoms with van der Waals surface area (Å²) in [5.41, 5.74) is 5.47. The van der Waals surface area contributed by atoms with Gasteiger partial charge in [-0.05, 0) is 37.8 Å². The summed E-state index contributed by atoms with van der Waals surface area (Å²) in [6.45, 7) is -0.170. The summed E-state index contributed by atoms with van der Waals surface area (Å²) in [6, 6.07) is 7.08. The lowest BCUT2D eigenvalue weighted by molar-refractivity contribution is -0.117. The van der Waals surface area contributed by atoms with Crippen molar-refractivity contribution < 1.29 is 14.3 Å². The number of ether oxygens (including phenoxy) is 1. The number of amides is 2. The topological polar surface area (TPSA) is 81.4 Å². The smallest absolute Gasteiger partial charge is 0.255 e. The van der Waals surface area contributed by atoms with E-state index >= 15 is 0 Å². The van der Waals surface area contributed by atoms with Crippen molar-refractivity contribution in [3.8, 4) is 5.75 Å². The molecule has 0 bridgehead atoms. The van der Waals surface area contributed by atoms with Crippen LogP contribution in [0.4, 0.5) is 0 Å². The van der Waals surface area contributed by atoms with E-state index in [0.29, 0.717) is 11.3 Å². The monoisotopic (exact) mass is 276 g/mol. The van der Waals surface area contributed by atoms with Crippen LogP contribution in [0.3, 0.4) is 0 Å². The van der Waals surface area contributed by atoms with E-state index in [1.54, 1.807) is 18.2 Å². The molecule has 1 aromatic rings. The van der Waals surface area contributed by atoms with Crippen LogP contribution in [0.5, 0.6) is 5.75 Å². The maximum atomic E-state index is 12.0. The van der Waals surface area contributed by atoms with Crippen molar-refractivity contribution in [2.24, 2.45) is 5.73 Å². The summed E-state index contributed by atoms with van der Waals surface area (Å²) in [6.07, 6.45) is 5.81. The summed E-state index contributed by atoms with van der Waals surface area (Å²) >= 11 is 0. The molecule has 0 saturated heterocycles. The molecule has 1 aromatic carbocycles. The first kappa shape index (κ1) is 14.4. The van der Waals surface area contributed by atoms with E-state index in [9.17, 15) is 9.59 Å². The Balaban J connectivity index is 2.04. The quantitative estimate of drug-likeness (QED) is 0.857. The summed E-state index contributed by atoms with van der Waals surface area (Å²) < 4.78 is 5.94. The fourth-order valence-corrected chi connectivity index (χ4v) is 2.38.